The predicted octanol–water partition coefficient (Wildman–Crippen LogP) is 5.07. The van der Waals surface area contributed by atoms with Crippen molar-refractivity contribution in [1.82, 2.24) is 14.5 Å². The molecule has 0 bridgehead atoms. The SMILES string of the molecule is COCCn1c(SCC(=O)N2CCc3sccc3C2c2cccs2)nc2ccccc21. The van der Waals surface area contributed by atoms with E-state index in [1.54, 1.807) is 29.8 Å². The lowest BCUT2D eigenvalue weighted by molar-refractivity contribution is -0.130. The van der Waals surface area contributed by atoms with Crippen LogP contribution in [0, 0.1) is 0 Å². The molecule has 4 heterocycles. The first-order chi connectivity index (χ1) is 15.3. The summed E-state index contributed by atoms with van der Waals surface area (Å²) in [6.07, 6.45) is 0.928. The minimum absolute atomic E-state index is 0.0235. The summed E-state index contributed by atoms with van der Waals surface area (Å²) >= 11 is 5.04. The molecule has 0 spiro atoms. The summed E-state index contributed by atoms with van der Waals surface area (Å²) < 4.78 is 7.44. The van der Waals surface area contributed by atoms with Crippen molar-refractivity contribution < 1.29 is 9.53 Å². The second kappa shape index (κ2) is 9.16. The van der Waals surface area contributed by atoms with Crippen LogP contribution < -0.4 is 0 Å². The summed E-state index contributed by atoms with van der Waals surface area (Å²) in [6, 6.07) is 14.5. The van der Waals surface area contributed by atoms with Crippen LogP contribution in [0.3, 0.4) is 0 Å². The number of carbonyl (C=O) groups is 1. The van der Waals surface area contributed by atoms with Gasteiger partial charge in [-0.15, -0.1) is 22.7 Å². The molecule has 0 saturated carbocycles. The summed E-state index contributed by atoms with van der Waals surface area (Å²) in [4.78, 5) is 22.9. The number of imidazole rings is 1. The maximum atomic E-state index is 13.4. The highest BCUT2D eigenvalue weighted by atomic mass is 32.2. The van der Waals surface area contributed by atoms with Crippen LogP contribution in [-0.2, 0) is 22.5 Å². The van der Waals surface area contributed by atoms with Gasteiger partial charge in [0.2, 0.25) is 5.91 Å². The number of rotatable bonds is 7. The summed E-state index contributed by atoms with van der Waals surface area (Å²) in [5, 5.41) is 5.10. The topological polar surface area (TPSA) is 47.4 Å². The van der Waals surface area contributed by atoms with E-state index in [0.717, 1.165) is 29.2 Å². The van der Waals surface area contributed by atoms with E-state index in [9.17, 15) is 4.79 Å². The average molecular weight is 470 g/mol. The largest absolute Gasteiger partial charge is 0.383 e. The lowest BCUT2D eigenvalue weighted by Crippen LogP contribution is -2.40. The third-order valence-corrected chi connectivity index (χ3v) is 8.44. The van der Waals surface area contributed by atoms with Crippen LogP contribution in [0.4, 0.5) is 0 Å². The Labute approximate surface area is 193 Å². The number of ether oxygens (including phenoxy) is 1. The standard InChI is InChI=1S/C23H23N3O2S3/c1-28-12-11-25-18-6-3-2-5-17(18)24-23(25)31-15-21(27)26-10-8-19-16(9-14-30-19)22(26)20-7-4-13-29-20/h2-7,9,13-14,22H,8,10-12,15H2,1H3. The number of hydrogen-bond donors (Lipinski definition) is 0. The minimum atomic E-state index is 0.0235. The predicted molar refractivity (Wildman–Crippen MR) is 128 cm³/mol. The number of para-hydroxylation sites is 2. The quantitative estimate of drug-likeness (QED) is 0.355. The van der Waals surface area contributed by atoms with Gasteiger partial charge in [-0.1, -0.05) is 30.0 Å². The maximum Gasteiger partial charge on any atom is 0.233 e. The number of nitrogens with zero attached hydrogens (tertiary/aromatic N) is 3. The normalized spacial score (nSPS) is 16.0. The zero-order valence-corrected chi connectivity index (χ0v) is 19.6. The van der Waals surface area contributed by atoms with Gasteiger partial charge in [0.1, 0.15) is 0 Å². The summed E-state index contributed by atoms with van der Waals surface area (Å²) in [5.41, 5.74) is 3.31. The van der Waals surface area contributed by atoms with Gasteiger partial charge in [0.25, 0.3) is 0 Å². The Morgan fingerprint density at radius 1 is 1.19 bits per heavy atom. The third kappa shape index (κ3) is 4.05. The fourth-order valence-electron chi connectivity index (χ4n) is 4.11. The van der Waals surface area contributed by atoms with Crippen LogP contribution in [0.15, 0.2) is 58.4 Å². The van der Waals surface area contributed by atoms with Crippen LogP contribution in [0.2, 0.25) is 0 Å². The second-order valence-corrected chi connectivity index (χ2v) is 10.3. The Morgan fingerprint density at radius 2 is 2.10 bits per heavy atom. The van der Waals surface area contributed by atoms with E-state index in [0.29, 0.717) is 18.9 Å². The third-order valence-electron chi connectivity index (χ3n) is 5.56. The van der Waals surface area contributed by atoms with Gasteiger partial charge in [-0.3, -0.25) is 4.79 Å². The number of methoxy groups -OCH3 is 1. The Balaban J connectivity index is 1.38. The molecule has 31 heavy (non-hydrogen) atoms. The second-order valence-electron chi connectivity index (χ2n) is 7.37. The lowest BCUT2D eigenvalue weighted by atomic mass is 9.98. The zero-order chi connectivity index (χ0) is 21.2. The Bertz CT molecular complexity index is 1180. The highest BCUT2D eigenvalue weighted by Crippen LogP contribution is 2.40. The van der Waals surface area contributed by atoms with E-state index in [-0.39, 0.29) is 11.9 Å². The van der Waals surface area contributed by atoms with E-state index in [1.807, 2.05) is 18.2 Å². The number of thiophene rings is 2. The van der Waals surface area contributed by atoms with Crippen LogP contribution in [0.25, 0.3) is 11.0 Å². The van der Waals surface area contributed by atoms with E-state index in [2.05, 4.69) is 44.5 Å². The number of amides is 1. The van der Waals surface area contributed by atoms with Crippen molar-refractivity contribution in [2.75, 3.05) is 26.0 Å². The smallest absolute Gasteiger partial charge is 0.233 e. The molecule has 1 aliphatic heterocycles. The highest BCUT2D eigenvalue weighted by molar-refractivity contribution is 7.99. The molecule has 1 atom stereocenters. The number of hydrogen-bond acceptors (Lipinski definition) is 6. The van der Waals surface area contributed by atoms with Gasteiger partial charge in [0.05, 0.1) is 29.4 Å². The fourth-order valence-corrected chi connectivity index (χ4v) is 6.80. The van der Waals surface area contributed by atoms with Crippen LogP contribution >= 0.6 is 34.4 Å². The molecule has 0 saturated heterocycles. The van der Waals surface area contributed by atoms with E-state index in [4.69, 9.17) is 9.72 Å². The van der Waals surface area contributed by atoms with Crippen molar-refractivity contribution in [3.05, 3.63) is 68.5 Å². The molecule has 160 valence electrons. The minimum Gasteiger partial charge on any atom is -0.383 e. The molecule has 0 radical (unpaired) electrons. The molecule has 0 aliphatic carbocycles. The van der Waals surface area contributed by atoms with Crippen molar-refractivity contribution in [1.29, 1.82) is 0 Å². The van der Waals surface area contributed by atoms with Gasteiger partial charge in [-0.2, -0.15) is 0 Å². The Kier molecular flexibility index (Phi) is 6.13. The first kappa shape index (κ1) is 20.8. The molecule has 5 rings (SSSR count). The van der Waals surface area contributed by atoms with Gasteiger partial charge in [-0.25, -0.2) is 4.98 Å². The Morgan fingerprint density at radius 3 is 2.94 bits per heavy atom. The molecule has 0 N–H and O–H groups in total. The monoisotopic (exact) mass is 469 g/mol. The van der Waals surface area contributed by atoms with Gasteiger partial charge in [0, 0.05) is 30.0 Å². The molecule has 8 heteroatoms. The maximum absolute atomic E-state index is 13.4. The first-order valence-electron chi connectivity index (χ1n) is 10.2. The van der Waals surface area contributed by atoms with Crippen LogP contribution in [0.5, 0.6) is 0 Å². The molecule has 1 unspecified atom stereocenters. The molecule has 1 amide bonds. The van der Waals surface area contributed by atoms with Crippen molar-refractivity contribution in [2.24, 2.45) is 0 Å². The summed E-state index contributed by atoms with van der Waals surface area (Å²) in [5.74, 6) is 0.531. The molecular formula is C23H23N3O2S3. The first-order valence-corrected chi connectivity index (χ1v) is 13.0. The van der Waals surface area contributed by atoms with Crippen molar-refractivity contribution >= 4 is 51.4 Å². The average Bonchev–Trinajstić information content (AvgIpc) is 3.55. The van der Waals surface area contributed by atoms with Crippen LogP contribution in [0.1, 0.15) is 21.4 Å². The lowest BCUT2D eigenvalue weighted by Gasteiger charge is -2.35. The number of thioether (sulfide) groups is 1. The van der Waals surface area contributed by atoms with Gasteiger partial charge in [-0.05, 0) is 47.0 Å². The van der Waals surface area contributed by atoms with Crippen molar-refractivity contribution in [2.45, 2.75) is 24.2 Å². The van der Waals surface area contributed by atoms with Crippen molar-refractivity contribution in [3.63, 3.8) is 0 Å². The van der Waals surface area contributed by atoms with Gasteiger partial charge < -0.3 is 14.2 Å². The fraction of sp³-hybridized carbons (Fsp3) is 0.304. The van der Waals surface area contributed by atoms with Crippen molar-refractivity contribution in [3.8, 4) is 0 Å². The highest BCUT2D eigenvalue weighted by Gasteiger charge is 2.33. The number of fused-ring (bicyclic) bond motifs is 2. The van der Waals surface area contributed by atoms with E-state index in [1.165, 1.54) is 27.1 Å². The van der Waals surface area contributed by atoms with Gasteiger partial charge in [0.15, 0.2) is 5.16 Å². The summed E-state index contributed by atoms with van der Waals surface area (Å²) in [7, 11) is 1.70. The molecule has 1 aromatic carbocycles. The number of aromatic nitrogens is 2. The molecular weight excluding hydrogens is 446 g/mol. The zero-order valence-electron chi connectivity index (χ0n) is 17.2. The van der Waals surface area contributed by atoms with E-state index >= 15 is 0 Å². The molecule has 3 aromatic heterocycles. The molecule has 4 aromatic rings. The molecule has 0 fully saturated rings. The van der Waals surface area contributed by atoms with Crippen LogP contribution in [-0.4, -0.2) is 46.4 Å². The Hall–Kier alpha value is -2.13. The molecule has 1 aliphatic rings. The van der Waals surface area contributed by atoms with E-state index < -0.39 is 0 Å². The van der Waals surface area contributed by atoms with Gasteiger partial charge >= 0.3 is 0 Å². The number of benzene rings is 1. The number of carbonyl (C=O) groups excluding carboxylic acids is 1. The summed E-state index contributed by atoms with van der Waals surface area (Å²) in [6.45, 7) is 2.08. The molecule has 5 nitrogen and oxygen atoms in total.